The number of anilines is 1. The Morgan fingerprint density at radius 3 is 2.38 bits per heavy atom. The molecule has 1 aliphatic carbocycles. The molecule has 13 heteroatoms. The summed E-state index contributed by atoms with van der Waals surface area (Å²) in [7, 11) is 0. The summed E-state index contributed by atoms with van der Waals surface area (Å²) in [4.78, 5) is 81.4. The fourth-order valence-electron chi connectivity index (χ4n) is 6.75. The monoisotopic (exact) mass is 704 g/mol. The number of amides is 4. The van der Waals surface area contributed by atoms with Crippen LogP contribution in [0.25, 0.3) is 0 Å². The Labute approximate surface area is 281 Å². The topological polar surface area (TPSA) is 148 Å². The number of ketones is 2. The lowest BCUT2D eigenvalue weighted by Gasteiger charge is -2.34. The van der Waals surface area contributed by atoms with Crippen molar-refractivity contribution in [2.75, 3.05) is 51.1 Å². The summed E-state index contributed by atoms with van der Waals surface area (Å²) >= 11 is 3.53. The molecule has 2 saturated heterocycles. The summed E-state index contributed by atoms with van der Waals surface area (Å²) in [5, 5.41) is 8.42. The minimum atomic E-state index is -0.716. The quantitative estimate of drug-likeness (QED) is 0.154. The van der Waals surface area contributed by atoms with E-state index >= 15 is 0 Å². The van der Waals surface area contributed by atoms with Crippen LogP contribution in [0.1, 0.15) is 53.1 Å². The van der Waals surface area contributed by atoms with Gasteiger partial charge in [0.15, 0.2) is 11.6 Å². The number of halogens is 1. The molecule has 0 radical (unpaired) electrons. The molecule has 3 N–H and O–H groups in total. The Balaban J connectivity index is 0.931. The van der Waals surface area contributed by atoms with Crippen LogP contribution in [0.4, 0.5) is 5.69 Å². The minimum absolute atomic E-state index is 0.117. The average molecular weight is 706 g/mol. The smallest absolute Gasteiger partial charge is 0.255 e. The van der Waals surface area contributed by atoms with Crippen molar-refractivity contribution in [3.8, 4) is 0 Å². The molecule has 3 aliphatic heterocycles. The van der Waals surface area contributed by atoms with E-state index in [1.54, 1.807) is 24.4 Å². The number of nitrogens with zero attached hydrogens (tertiary/aromatic N) is 3. The van der Waals surface area contributed by atoms with Crippen molar-refractivity contribution >= 4 is 56.8 Å². The molecule has 6 rings (SSSR count). The zero-order valence-corrected chi connectivity index (χ0v) is 27.5. The van der Waals surface area contributed by atoms with Gasteiger partial charge in [0, 0.05) is 92.6 Å². The predicted octanol–water partition coefficient (Wildman–Crippen LogP) is 1.96. The number of carbonyl (C=O) groups excluding carboxylic acids is 6. The summed E-state index contributed by atoms with van der Waals surface area (Å²) in [6, 6.07) is 12.1. The molecule has 0 spiro atoms. The molecule has 0 aromatic heterocycles. The number of benzene rings is 2. The molecule has 47 heavy (non-hydrogen) atoms. The van der Waals surface area contributed by atoms with Gasteiger partial charge in [-0.2, -0.15) is 0 Å². The van der Waals surface area contributed by atoms with E-state index < -0.39 is 11.9 Å². The second kappa shape index (κ2) is 14.3. The number of allylic oxidation sites excluding steroid dienone is 1. The van der Waals surface area contributed by atoms with E-state index in [1.807, 2.05) is 24.3 Å². The largest absolute Gasteiger partial charge is 0.389 e. The Bertz CT molecular complexity index is 1630. The number of rotatable bonds is 9. The number of carbonyl (C=O) groups is 6. The molecule has 1 unspecified atom stereocenters. The highest BCUT2D eigenvalue weighted by Gasteiger charge is 2.40. The molecule has 2 aromatic carbocycles. The molecule has 3 heterocycles. The maximum Gasteiger partial charge on any atom is 0.255 e. The first-order valence-electron chi connectivity index (χ1n) is 15.9. The fraction of sp³-hybridized carbons (Fsp3) is 0.412. The predicted molar refractivity (Wildman–Crippen MR) is 176 cm³/mol. The second-order valence-electron chi connectivity index (χ2n) is 12.4. The average Bonchev–Trinajstić information content (AvgIpc) is 3.38. The summed E-state index contributed by atoms with van der Waals surface area (Å²) in [5.41, 5.74) is 2.89. The molecule has 2 aromatic rings. The highest BCUT2D eigenvalue weighted by molar-refractivity contribution is 9.10. The van der Waals surface area contributed by atoms with Crippen molar-refractivity contribution < 1.29 is 28.8 Å². The number of imide groups is 1. The number of nitrogens with one attached hydrogen (secondary N) is 3. The van der Waals surface area contributed by atoms with Crippen LogP contribution in [-0.2, 0) is 30.5 Å². The van der Waals surface area contributed by atoms with Crippen LogP contribution in [0, 0.1) is 0 Å². The summed E-state index contributed by atoms with van der Waals surface area (Å²) in [6.07, 6.45) is 2.64. The van der Waals surface area contributed by atoms with Crippen LogP contribution >= 0.6 is 15.9 Å². The Morgan fingerprint density at radius 2 is 1.66 bits per heavy atom. The molecular weight excluding hydrogens is 668 g/mol. The number of piperidine rings is 1. The van der Waals surface area contributed by atoms with Crippen molar-refractivity contribution in [1.82, 2.24) is 25.3 Å². The van der Waals surface area contributed by atoms with Crippen LogP contribution in [0.3, 0.4) is 0 Å². The third kappa shape index (κ3) is 7.37. The van der Waals surface area contributed by atoms with Crippen molar-refractivity contribution in [2.45, 2.75) is 44.2 Å². The van der Waals surface area contributed by atoms with Gasteiger partial charge >= 0.3 is 0 Å². The molecule has 4 aliphatic rings. The van der Waals surface area contributed by atoms with E-state index in [-0.39, 0.29) is 66.7 Å². The molecular formula is C34H37BrN6O6. The Morgan fingerprint density at radius 1 is 0.936 bits per heavy atom. The number of fused-ring (bicyclic) bond motifs is 1. The minimum Gasteiger partial charge on any atom is -0.389 e. The molecule has 1 atom stereocenters. The third-order valence-corrected chi connectivity index (χ3v) is 10.0. The first kappa shape index (κ1) is 32.7. The van der Waals surface area contributed by atoms with Gasteiger partial charge in [0.2, 0.25) is 17.7 Å². The number of Topliss-reactive ketones (excluding diaryl/α,β-unsaturated/α-hetero) is 2. The lowest BCUT2D eigenvalue weighted by molar-refractivity contribution is -0.137. The van der Waals surface area contributed by atoms with Crippen LogP contribution in [-0.4, -0.2) is 102 Å². The Hall–Kier alpha value is -4.20. The van der Waals surface area contributed by atoms with E-state index in [0.29, 0.717) is 49.3 Å². The van der Waals surface area contributed by atoms with Gasteiger partial charge in [-0.25, -0.2) is 0 Å². The first-order valence-corrected chi connectivity index (χ1v) is 16.7. The van der Waals surface area contributed by atoms with Crippen molar-refractivity contribution in [2.24, 2.45) is 0 Å². The molecule has 3 fully saturated rings. The molecule has 12 nitrogen and oxygen atoms in total. The normalized spacial score (nSPS) is 22.3. The van der Waals surface area contributed by atoms with Crippen LogP contribution in [0.15, 0.2) is 58.7 Å². The van der Waals surface area contributed by atoms with E-state index in [9.17, 15) is 28.8 Å². The first-order chi connectivity index (χ1) is 22.7. The van der Waals surface area contributed by atoms with Gasteiger partial charge in [0.1, 0.15) is 6.04 Å². The van der Waals surface area contributed by atoms with Crippen molar-refractivity contribution in [3.63, 3.8) is 0 Å². The van der Waals surface area contributed by atoms with E-state index in [1.165, 1.54) is 4.90 Å². The molecule has 1 saturated carbocycles. The highest BCUT2D eigenvalue weighted by atomic mass is 79.9. The van der Waals surface area contributed by atoms with Gasteiger partial charge in [-0.15, -0.1) is 0 Å². The fourth-order valence-corrected chi connectivity index (χ4v) is 7.35. The number of hydrogen-bond donors (Lipinski definition) is 3. The van der Waals surface area contributed by atoms with Gasteiger partial charge in [-0.3, -0.25) is 43.9 Å². The standard InChI is InChI=1S/C34H37BrN6O6/c35-26-6-2-1-4-22(26)21-16-29(42)24(30(43)17-21)18-36-10-11-39-12-14-40(15-13-39)20-32(45)37-27-7-3-5-23-25(27)19-41(34(23)47)28-8-9-31(44)38-33(28)46/h1-7,18,21,28,36H,8-17,19-20H2,(H,37,45)(H,38,44,46). The number of hydrogen-bond acceptors (Lipinski definition) is 9. The lowest BCUT2D eigenvalue weighted by atomic mass is 9.80. The van der Waals surface area contributed by atoms with Crippen molar-refractivity contribution in [3.05, 3.63) is 75.4 Å². The van der Waals surface area contributed by atoms with Crippen LogP contribution in [0.5, 0.6) is 0 Å². The summed E-state index contributed by atoms with van der Waals surface area (Å²) < 4.78 is 0.911. The van der Waals surface area contributed by atoms with E-state index in [4.69, 9.17) is 0 Å². The third-order valence-electron chi connectivity index (χ3n) is 9.32. The number of piperazine rings is 1. The maximum atomic E-state index is 13.1. The molecule has 4 amide bonds. The SMILES string of the molecule is O=C1CCC(N2Cc3c(NC(=O)CN4CCN(CCNC=C5C(=O)CC(c6ccccc6Br)CC5=O)CC4)cccc3C2=O)C(=O)N1. The van der Waals surface area contributed by atoms with Gasteiger partial charge in [0.05, 0.1) is 12.1 Å². The van der Waals surface area contributed by atoms with Gasteiger partial charge < -0.3 is 15.5 Å². The second-order valence-corrected chi connectivity index (χ2v) is 13.2. The highest BCUT2D eigenvalue weighted by Crippen LogP contribution is 2.35. The molecule has 0 bridgehead atoms. The van der Waals surface area contributed by atoms with Gasteiger partial charge in [0.25, 0.3) is 5.91 Å². The molecule has 246 valence electrons. The van der Waals surface area contributed by atoms with Crippen LogP contribution in [0.2, 0.25) is 0 Å². The zero-order valence-electron chi connectivity index (χ0n) is 25.9. The zero-order chi connectivity index (χ0) is 33.1. The van der Waals surface area contributed by atoms with Gasteiger partial charge in [-0.05, 0) is 36.1 Å². The summed E-state index contributed by atoms with van der Waals surface area (Å²) in [5.74, 6) is -1.67. The van der Waals surface area contributed by atoms with E-state index in [2.05, 4.69) is 41.7 Å². The lowest BCUT2D eigenvalue weighted by Crippen LogP contribution is -2.52. The Kier molecular flexibility index (Phi) is 9.95. The van der Waals surface area contributed by atoms with Crippen LogP contribution < -0.4 is 16.0 Å². The summed E-state index contributed by atoms with van der Waals surface area (Å²) in [6.45, 7) is 4.67. The van der Waals surface area contributed by atoms with E-state index in [0.717, 1.165) is 29.7 Å². The maximum absolute atomic E-state index is 13.1. The van der Waals surface area contributed by atoms with Gasteiger partial charge in [-0.1, -0.05) is 40.2 Å². The van der Waals surface area contributed by atoms with Crippen molar-refractivity contribution in [1.29, 1.82) is 0 Å².